The molecule has 0 saturated carbocycles. The standard InChI is InChI=1S/C19H20N2O2/c1-2-3-9-17-20-16-11-10-14(12-15(16)19(23)21-17)18(22)13-7-5-4-6-8-13/h4-8,10-12,18,22H,2-3,9H2,1H3,(H,20,21,23). The molecule has 1 atom stereocenters. The molecule has 0 saturated heterocycles. The average Bonchev–Trinajstić information content (AvgIpc) is 2.60. The van der Waals surface area contributed by atoms with Crippen molar-refractivity contribution in [1.82, 2.24) is 9.97 Å². The van der Waals surface area contributed by atoms with E-state index in [4.69, 9.17) is 0 Å². The van der Waals surface area contributed by atoms with E-state index in [1.807, 2.05) is 42.5 Å². The third-order valence-corrected chi connectivity index (χ3v) is 3.99. The van der Waals surface area contributed by atoms with Gasteiger partial charge in [-0.05, 0) is 29.7 Å². The third-order valence-electron chi connectivity index (χ3n) is 3.99. The van der Waals surface area contributed by atoms with Crippen LogP contribution in [-0.4, -0.2) is 15.1 Å². The molecule has 0 radical (unpaired) electrons. The lowest BCUT2D eigenvalue weighted by atomic mass is 10.0. The molecule has 0 fully saturated rings. The molecule has 2 N–H and O–H groups in total. The first-order valence-electron chi connectivity index (χ1n) is 7.95. The monoisotopic (exact) mass is 308 g/mol. The highest BCUT2D eigenvalue weighted by Crippen LogP contribution is 2.23. The summed E-state index contributed by atoms with van der Waals surface area (Å²) in [7, 11) is 0. The fourth-order valence-corrected chi connectivity index (χ4v) is 2.67. The highest BCUT2D eigenvalue weighted by atomic mass is 16.3. The van der Waals surface area contributed by atoms with Crippen LogP contribution in [0.4, 0.5) is 0 Å². The molecular formula is C19H20N2O2. The van der Waals surface area contributed by atoms with Gasteiger partial charge in [-0.3, -0.25) is 4.79 Å². The summed E-state index contributed by atoms with van der Waals surface area (Å²) in [5.74, 6) is 0.723. The number of aliphatic hydroxyl groups excluding tert-OH is 1. The zero-order valence-electron chi connectivity index (χ0n) is 13.1. The first kappa shape index (κ1) is 15.4. The molecule has 0 amide bonds. The zero-order valence-corrected chi connectivity index (χ0v) is 13.1. The first-order chi connectivity index (χ1) is 11.2. The van der Waals surface area contributed by atoms with Gasteiger partial charge in [-0.15, -0.1) is 0 Å². The van der Waals surface area contributed by atoms with Crippen molar-refractivity contribution in [2.24, 2.45) is 0 Å². The van der Waals surface area contributed by atoms with Gasteiger partial charge in [0, 0.05) is 6.42 Å². The molecule has 2 aromatic carbocycles. The minimum absolute atomic E-state index is 0.244. The van der Waals surface area contributed by atoms with Crippen LogP contribution in [0.3, 0.4) is 0 Å². The van der Waals surface area contributed by atoms with Crippen molar-refractivity contribution in [2.45, 2.75) is 32.3 Å². The molecule has 118 valence electrons. The van der Waals surface area contributed by atoms with Gasteiger partial charge in [0.05, 0.1) is 10.9 Å². The Balaban J connectivity index is 1.99. The number of benzene rings is 2. The predicted octanol–water partition coefficient (Wildman–Crippen LogP) is 3.35. The van der Waals surface area contributed by atoms with E-state index in [1.54, 1.807) is 6.07 Å². The molecule has 0 aliphatic carbocycles. The van der Waals surface area contributed by atoms with Crippen molar-refractivity contribution in [2.75, 3.05) is 0 Å². The summed E-state index contributed by atoms with van der Waals surface area (Å²) in [5, 5.41) is 11.0. The van der Waals surface area contributed by atoms with Gasteiger partial charge in [0.2, 0.25) is 0 Å². The number of unbranched alkanes of at least 4 members (excludes halogenated alkanes) is 1. The second-order valence-electron chi connectivity index (χ2n) is 5.71. The SMILES string of the molecule is CCCCc1nc(=O)c2cc(C(O)c3ccccc3)ccc2[nH]1. The lowest BCUT2D eigenvalue weighted by Crippen LogP contribution is -2.12. The van der Waals surface area contributed by atoms with E-state index in [-0.39, 0.29) is 5.56 Å². The molecule has 1 heterocycles. The number of nitrogens with zero attached hydrogens (tertiary/aromatic N) is 1. The van der Waals surface area contributed by atoms with Crippen molar-refractivity contribution < 1.29 is 5.11 Å². The molecular weight excluding hydrogens is 288 g/mol. The summed E-state index contributed by atoms with van der Waals surface area (Å²) in [4.78, 5) is 19.6. The maximum atomic E-state index is 12.3. The van der Waals surface area contributed by atoms with E-state index < -0.39 is 6.10 Å². The molecule has 0 spiro atoms. The highest BCUT2D eigenvalue weighted by molar-refractivity contribution is 5.78. The quantitative estimate of drug-likeness (QED) is 0.759. The van der Waals surface area contributed by atoms with Gasteiger partial charge in [0.15, 0.2) is 0 Å². The van der Waals surface area contributed by atoms with Crippen LogP contribution in [0.5, 0.6) is 0 Å². The second kappa shape index (κ2) is 6.75. The van der Waals surface area contributed by atoms with Crippen LogP contribution in [0.25, 0.3) is 10.9 Å². The predicted molar refractivity (Wildman–Crippen MR) is 91.5 cm³/mol. The summed E-state index contributed by atoms with van der Waals surface area (Å²) in [5.41, 5.74) is 2.01. The maximum absolute atomic E-state index is 12.3. The van der Waals surface area contributed by atoms with E-state index in [2.05, 4.69) is 16.9 Å². The van der Waals surface area contributed by atoms with Crippen molar-refractivity contribution in [3.63, 3.8) is 0 Å². The van der Waals surface area contributed by atoms with Gasteiger partial charge in [0.1, 0.15) is 11.9 Å². The summed E-state index contributed by atoms with van der Waals surface area (Å²) in [6, 6.07) is 14.8. The lowest BCUT2D eigenvalue weighted by molar-refractivity contribution is 0.220. The van der Waals surface area contributed by atoms with Crippen LogP contribution >= 0.6 is 0 Å². The van der Waals surface area contributed by atoms with E-state index in [1.165, 1.54) is 0 Å². The van der Waals surface area contributed by atoms with Crippen molar-refractivity contribution in [3.05, 3.63) is 75.8 Å². The highest BCUT2D eigenvalue weighted by Gasteiger charge is 2.12. The van der Waals surface area contributed by atoms with Crippen LogP contribution in [-0.2, 0) is 6.42 Å². The average molecular weight is 308 g/mol. The topological polar surface area (TPSA) is 66.0 Å². The number of H-pyrrole nitrogens is 1. The molecule has 1 unspecified atom stereocenters. The third kappa shape index (κ3) is 3.32. The molecule has 4 heteroatoms. The Bertz CT molecular complexity index is 856. The number of rotatable bonds is 5. The Hall–Kier alpha value is -2.46. The number of aliphatic hydroxyl groups is 1. The van der Waals surface area contributed by atoms with Crippen molar-refractivity contribution in [1.29, 1.82) is 0 Å². The number of fused-ring (bicyclic) bond motifs is 1. The van der Waals surface area contributed by atoms with Gasteiger partial charge < -0.3 is 10.1 Å². The molecule has 1 aromatic heterocycles. The van der Waals surface area contributed by atoms with E-state index in [0.29, 0.717) is 10.9 Å². The molecule has 0 aliphatic heterocycles. The Morgan fingerprint density at radius 2 is 1.91 bits per heavy atom. The molecule has 3 aromatic rings. The van der Waals surface area contributed by atoms with Crippen LogP contribution < -0.4 is 5.56 Å². The van der Waals surface area contributed by atoms with Gasteiger partial charge in [-0.1, -0.05) is 49.7 Å². The normalized spacial score (nSPS) is 12.4. The van der Waals surface area contributed by atoms with Crippen LogP contribution in [0.1, 0.15) is 42.8 Å². The fraction of sp³-hybridized carbons (Fsp3) is 0.263. The van der Waals surface area contributed by atoms with Crippen molar-refractivity contribution in [3.8, 4) is 0 Å². The number of aromatic nitrogens is 2. The maximum Gasteiger partial charge on any atom is 0.280 e. The summed E-state index contributed by atoms with van der Waals surface area (Å²) in [6.45, 7) is 2.11. The number of nitrogens with one attached hydrogen (secondary N) is 1. The second-order valence-corrected chi connectivity index (χ2v) is 5.71. The summed E-state index contributed by atoms with van der Waals surface area (Å²) in [6.07, 6.45) is 2.08. The van der Waals surface area contributed by atoms with Crippen LogP contribution in [0.2, 0.25) is 0 Å². The van der Waals surface area contributed by atoms with Gasteiger partial charge >= 0.3 is 0 Å². The number of aryl methyl sites for hydroxylation is 1. The van der Waals surface area contributed by atoms with Gasteiger partial charge in [-0.2, -0.15) is 4.98 Å². The molecule has 4 nitrogen and oxygen atoms in total. The zero-order chi connectivity index (χ0) is 16.2. The first-order valence-corrected chi connectivity index (χ1v) is 7.95. The van der Waals surface area contributed by atoms with Crippen molar-refractivity contribution >= 4 is 10.9 Å². The largest absolute Gasteiger partial charge is 0.384 e. The molecule has 0 aliphatic rings. The molecule has 23 heavy (non-hydrogen) atoms. The smallest absolute Gasteiger partial charge is 0.280 e. The Morgan fingerprint density at radius 3 is 2.65 bits per heavy atom. The number of hydrogen-bond donors (Lipinski definition) is 2. The lowest BCUT2D eigenvalue weighted by Gasteiger charge is -2.12. The van der Waals surface area contributed by atoms with Crippen LogP contribution in [0, 0.1) is 0 Å². The summed E-state index contributed by atoms with van der Waals surface area (Å²) >= 11 is 0. The minimum Gasteiger partial charge on any atom is -0.384 e. The Labute approximate surface area is 134 Å². The van der Waals surface area contributed by atoms with Crippen LogP contribution in [0.15, 0.2) is 53.3 Å². The fourth-order valence-electron chi connectivity index (χ4n) is 2.67. The van der Waals surface area contributed by atoms with E-state index in [0.717, 1.165) is 36.2 Å². The number of hydrogen-bond acceptors (Lipinski definition) is 3. The van der Waals surface area contributed by atoms with E-state index in [9.17, 15) is 9.90 Å². The Morgan fingerprint density at radius 1 is 1.13 bits per heavy atom. The number of aromatic amines is 1. The van der Waals surface area contributed by atoms with Gasteiger partial charge in [-0.25, -0.2) is 0 Å². The molecule has 3 rings (SSSR count). The van der Waals surface area contributed by atoms with Gasteiger partial charge in [0.25, 0.3) is 5.56 Å². The Kier molecular flexibility index (Phi) is 4.53. The van der Waals surface area contributed by atoms with E-state index >= 15 is 0 Å². The minimum atomic E-state index is -0.750. The molecule has 0 bridgehead atoms. The summed E-state index contributed by atoms with van der Waals surface area (Å²) < 4.78 is 0.